The summed E-state index contributed by atoms with van der Waals surface area (Å²) < 4.78 is 11.3. The molecule has 0 unspecified atom stereocenters. The van der Waals surface area contributed by atoms with Crippen molar-refractivity contribution in [2.45, 2.75) is 56.9 Å². The maximum atomic E-state index is 12.8. The zero-order valence-corrected chi connectivity index (χ0v) is 14.8. The summed E-state index contributed by atoms with van der Waals surface area (Å²) in [6.45, 7) is 9.49. The fourth-order valence-electron chi connectivity index (χ4n) is 3.58. The first kappa shape index (κ1) is 15.0. The van der Waals surface area contributed by atoms with Gasteiger partial charge in [-0.1, -0.05) is 6.92 Å². The van der Waals surface area contributed by atoms with Crippen molar-refractivity contribution in [3.63, 3.8) is 0 Å². The van der Waals surface area contributed by atoms with Gasteiger partial charge in [0.1, 0.15) is 10.8 Å². The van der Waals surface area contributed by atoms with E-state index in [1.54, 1.807) is 4.90 Å². The Morgan fingerprint density at radius 2 is 1.95 bits per heavy atom. The summed E-state index contributed by atoms with van der Waals surface area (Å²) in [4.78, 5) is 26.6. The highest BCUT2D eigenvalue weighted by Gasteiger charge is 2.68. The molecule has 3 saturated heterocycles. The fraction of sp³-hybridized carbons (Fsp3) is 0.867. The lowest BCUT2D eigenvalue weighted by molar-refractivity contribution is -0.130. The first-order valence-electron chi connectivity index (χ1n) is 7.85. The van der Waals surface area contributed by atoms with Crippen LogP contribution in [0.25, 0.3) is 0 Å². The molecule has 0 aromatic heterocycles. The van der Waals surface area contributed by atoms with Gasteiger partial charge in [0.15, 0.2) is 5.78 Å². The Balaban J connectivity index is 1.61. The molecule has 2 spiro atoms. The van der Waals surface area contributed by atoms with Crippen LogP contribution in [0.5, 0.6) is 0 Å². The SMILES string of the molecule is C[C@H]1[SiH2][C@]12OCC1(CCN(C(=O)OC(C)(C)C)CC1)C2=O. The Bertz CT molecular complexity index is 479. The molecule has 21 heavy (non-hydrogen) atoms. The molecule has 2 atom stereocenters. The van der Waals surface area contributed by atoms with Crippen LogP contribution in [0.4, 0.5) is 4.79 Å². The highest BCUT2D eigenvalue weighted by atomic mass is 28.2. The number of rotatable bonds is 0. The van der Waals surface area contributed by atoms with E-state index in [4.69, 9.17) is 9.47 Å². The third-order valence-corrected chi connectivity index (χ3v) is 7.58. The molecule has 3 aliphatic rings. The first-order valence-corrected chi connectivity index (χ1v) is 9.38. The minimum atomic E-state index is -0.475. The molecule has 6 heteroatoms. The predicted octanol–water partition coefficient (Wildman–Crippen LogP) is 1.29. The van der Waals surface area contributed by atoms with Crippen LogP contribution in [0.15, 0.2) is 0 Å². The molecule has 118 valence electrons. The van der Waals surface area contributed by atoms with Gasteiger partial charge in [0.25, 0.3) is 0 Å². The standard InChI is InChI=1S/C15H25NO4Si/c1-10-15(21-10)11(17)14(9-19-15)5-7-16(8-6-14)12(18)20-13(2,3)4/h10H,5-9,21H2,1-4H3/t10-,15-/m1/s1. The topological polar surface area (TPSA) is 55.8 Å². The normalized spacial score (nSPS) is 35.7. The molecular weight excluding hydrogens is 286 g/mol. The molecule has 3 rings (SSSR count). The van der Waals surface area contributed by atoms with E-state index in [1.807, 2.05) is 20.8 Å². The first-order chi connectivity index (χ1) is 9.69. The van der Waals surface area contributed by atoms with E-state index >= 15 is 0 Å². The summed E-state index contributed by atoms with van der Waals surface area (Å²) >= 11 is 0. The van der Waals surface area contributed by atoms with Crippen LogP contribution in [0.1, 0.15) is 40.5 Å². The highest BCUT2D eigenvalue weighted by molar-refractivity contribution is 6.64. The molecule has 3 heterocycles. The second kappa shape index (κ2) is 4.55. The van der Waals surface area contributed by atoms with E-state index in [9.17, 15) is 9.59 Å². The third kappa shape index (κ3) is 2.42. The van der Waals surface area contributed by atoms with Gasteiger partial charge < -0.3 is 14.4 Å². The van der Waals surface area contributed by atoms with Crippen molar-refractivity contribution >= 4 is 21.4 Å². The Kier molecular flexibility index (Phi) is 3.26. The zero-order valence-electron chi connectivity index (χ0n) is 13.4. The summed E-state index contributed by atoms with van der Waals surface area (Å²) in [6, 6.07) is 0. The largest absolute Gasteiger partial charge is 0.444 e. The van der Waals surface area contributed by atoms with Crippen molar-refractivity contribution in [1.82, 2.24) is 4.90 Å². The molecule has 0 saturated carbocycles. The average molecular weight is 311 g/mol. The molecule has 0 aromatic rings. The Labute approximate surface area is 128 Å². The summed E-state index contributed by atoms with van der Waals surface area (Å²) in [6.07, 6.45) is 1.16. The summed E-state index contributed by atoms with van der Waals surface area (Å²) in [5, 5.41) is -0.339. The Hall–Kier alpha value is -0.883. The number of carbonyl (C=O) groups excluding carboxylic acids is 2. The Morgan fingerprint density at radius 3 is 2.38 bits per heavy atom. The summed E-state index contributed by atoms with van der Waals surface area (Å²) in [7, 11) is -0.387. The number of piperidine rings is 1. The van der Waals surface area contributed by atoms with E-state index in [1.165, 1.54) is 0 Å². The maximum absolute atomic E-state index is 12.8. The van der Waals surface area contributed by atoms with Crippen molar-refractivity contribution < 1.29 is 19.1 Å². The number of amides is 1. The average Bonchev–Trinajstić information content (AvgIpc) is 2.98. The quantitative estimate of drug-likeness (QED) is 0.633. The van der Waals surface area contributed by atoms with Crippen LogP contribution in [-0.4, -0.2) is 56.8 Å². The molecule has 0 N–H and O–H groups in total. The van der Waals surface area contributed by atoms with Gasteiger partial charge in [-0.15, -0.1) is 0 Å². The van der Waals surface area contributed by atoms with Gasteiger partial charge in [0.2, 0.25) is 0 Å². The van der Waals surface area contributed by atoms with Crippen LogP contribution >= 0.6 is 0 Å². The van der Waals surface area contributed by atoms with Crippen LogP contribution in [0, 0.1) is 5.41 Å². The minimum Gasteiger partial charge on any atom is -0.444 e. The fourth-order valence-corrected chi connectivity index (χ4v) is 5.45. The summed E-state index contributed by atoms with van der Waals surface area (Å²) in [5.41, 5.74) is -0.304. The molecule has 0 aliphatic carbocycles. The number of ether oxygens (including phenoxy) is 2. The lowest BCUT2D eigenvalue weighted by Gasteiger charge is -2.37. The van der Waals surface area contributed by atoms with Crippen molar-refractivity contribution in [3.8, 4) is 0 Å². The molecule has 3 aliphatic heterocycles. The lowest BCUT2D eigenvalue weighted by Crippen LogP contribution is -2.48. The molecule has 0 aromatic carbocycles. The van der Waals surface area contributed by atoms with Crippen LogP contribution < -0.4 is 0 Å². The van der Waals surface area contributed by atoms with Gasteiger partial charge in [-0.2, -0.15) is 0 Å². The molecule has 0 bridgehead atoms. The van der Waals surface area contributed by atoms with Crippen molar-refractivity contribution in [3.05, 3.63) is 0 Å². The van der Waals surface area contributed by atoms with Crippen LogP contribution in [0.3, 0.4) is 0 Å². The molecule has 0 radical (unpaired) electrons. The highest BCUT2D eigenvalue weighted by Crippen LogP contribution is 2.55. The van der Waals surface area contributed by atoms with Gasteiger partial charge >= 0.3 is 6.09 Å². The van der Waals surface area contributed by atoms with E-state index < -0.39 is 5.60 Å². The van der Waals surface area contributed by atoms with E-state index in [0.717, 1.165) is 0 Å². The van der Waals surface area contributed by atoms with Crippen molar-refractivity contribution in [1.29, 1.82) is 0 Å². The lowest BCUT2D eigenvalue weighted by atomic mass is 9.75. The third-order valence-electron chi connectivity index (χ3n) is 5.09. The monoisotopic (exact) mass is 311 g/mol. The Morgan fingerprint density at radius 1 is 1.38 bits per heavy atom. The molecular formula is C15H25NO4Si. The van der Waals surface area contributed by atoms with E-state index in [2.05, 4.69) is 6.92 Å². The van der Waals surface area contributed by atoms with Gasteiger partial charge in [0, 0.05) is 13.1 Å². The second-order valence-electron chi connectivity index (χ2n) is 7.86. The summed E-state index contributed by atoms with van der Waals surface area (Å²) in [5.74, 6) is 0.345. The van der Waals surface area contributed by atoms with Gasteiger partial charge in [-0.3, -0.25) is 4.79 Å². The number of likely N-dealkylation sites (tertiary alicyclic amines) is 1. The number of ketones is 1. The predicted molar refractivity (Wildman–Crippen MR) is 81.1 cm³/mol. The van der Waals surface area contributed by atoms with Crippen LogP contribution in [-0.2, 0) is 14.3 Å². The number of Topliss-reactive ketones (excluding diaryl/α,β-unsaturated/α-hetero) is 1. The van der Waals surface area contributed by atoms with Gasteiger partial charge in [-0.05, 0) is 39.2 Å². The molecule has 5 nitrogen and oxygen atoms in total. The zero-order chi connectivity index (χ0) is 15.5. The van der Waals surface area contributed by atoms with E-state index in [-0.39, 0.29) is 26.3 Å². The molecule has 1 amide bonds. The second-order valence-corrected chi connectivity index (χ2v) is 10.5. The smallest absolute Gasteiger partial charge is 0.410 e. The van der Waals surface area contributed by atoms with Crippen molar-refractivity contribution in [2.75, 3.05) is 19.7 Å². The van der Waals surface area contributed by atoms with Gasteiger partial charge in [-0.25, -0.2) is 4.79 Å². The van der Waals surface area contributed by atoms with E-state index in [0.29, 0.717) is 43.9 Å². The van der Waals surface area contributed by atoms with Gasteiger partial charge in [0.05, 0.1) is 21.5 Å². The number of nitrogens with zero attached hydrogens (tertiary/aromatic N) is 1. The number of carbonyl (C=O) groups is 2. The van der Waals surface area contributed by atoms with Crippen molar-refractivity contribution in [2.24, 2.45) is 5.41 Å². The van der Waals surface area contributed by atoms with Crippen LogP contribution in [0.2, 0.25) is 5.54 Å². The number of hydrogen-bond donors (Lipinski definition) is 0. The minimum absolute atomic E-state index is 0.271. The maximum Gasteiger partial charge on any atom is 0.410 e. The number of hydrogen-bond acceptors (Lipinski definition) is 4. The molecule has 3 fully saturated rings.